The van der Waals surface area contributed by atoms with E-state index in [4.69, 9.17) is 5.11 Å². The molecule has 1 heterocycles. The monoisotopic (exact) mass is 217 g/mol. The zero-order chi connectivity index (χ0) is 11.7. The average molecular weight is 217 g/mol. The molecule has 0 spiro atoms. The molecule has 82 valence electrons. The first kappa shape index (κ1) is 10.4. The van der Waals surface area contributed by atoms with Gasteiger partial charge in [-0.25, -0.2) is 9.48 Å². The van der Waals surface area contributed by atoms with Gasteiger partial charge in [0.15, 0.2) is 5.69 Å². The Hall–Kier alpha value is -2.17. The summed E-state index contributed by atoms with van der Waals surface area (Å²) in [5, 5.41) is 16.7. The molecule has 1 aromatic heterocycles. The summed E-state index contributed by atoms with van der Waals surface area (Å²) in [4.78, 5) is 11.1. The van der Waals surface area contributed by atoms with Crippen LogP contribution in [0.15, 0.2) is 24.3 Å². The van der Waals surface area contributed by atoms with Crippen LogP contribution in [0.25, 0.3) is 5.69 Å². The van der Waals surface area contributed by atoms with E-state index in [9.17, 15) is 4.79 Å². The van der Waals surface area contributed by atoms with Crippen molar-refractivity contribution >= 4 is 5.97 Å². The van der Waals surface area contributed by atoms with Crippen LogP contribution in [0, 0.1) is 13.8 Å². The van der Waals surface area contributed by atoms with Crippen molar-refractivity contribution in [2.45, 2.75) is 13.8 Å². The van der Waals surface area contributed by atoms with Crippen LogP contribution < -0.4 is 0 Å². The number of nitrogens with zero attached hydrogens (tertiary/aromatic N) is 3. The lowest BCUT2D eigenvalue weighted by molar-refractivity contribution is 0.0686. The van der Waals surface area contributed by atoms with Crippen molar-refractivity contribution in [1.29, 1.82) is 0 Å². The van der Waals surface area contributed by atoms with E-state index in [2.05, 4.69) is 10.3 Å². The lowest BCUT2D eigenvalue weighted by atomic mass is 10.2. The Morgan fingerprint density at radius 3 is 2.75 bits per heavy atom. The van der Waals surface area contributed by atoms with Gasteiger partial charge in [0.2, 0.25) is 0 Å². The van der Waals surface area contributed by atoms with Crippen molar-refractivity contribution < 1.29 is 9.90 Å². The Labute approximate surface area is 92.3 Å². The highest BCUT2D eigenvalue weighted by molar-refractivity contribution is 5.87. The molecule has 0 atom stereocenters. The molecule has 0 fully saturated rings. The van der Waals surface area contributed by atoms with Gasteiger partial charge in [-0.3, -0.25) is 0 Å². The van der Waals surface area contributed by atoms with E-state index >= 15 is 0 Å². The normalized spacial score (nSPS) is 10.4. The van der Waals surface area contributed by atoms with Crippen LogP contribution in [-0.4, -0.2) is 26.1 Å². The molecule has 1 N–H and O–H groups in total. The molecule has 0 unspecified atom stereocenters. The fourth-order valence-corrected chi connectivity index (χ4v) is 1.54. The maximum Gasteiger partial charge on any atom is 0.356 e. The van der Waals surface area contributed by atoms with Crippen LogP contribution in [0.3, 0.4) is 0 Å². The summed E-state index contributed by atoms with van der Waals surface area (Å²) in [6.45, 7) is 3.57. The number of carboxylic acids is 1. The minimum Gasteiger partial charge on any atom is -0.476 e. The summed E-state index contributed by atoms with van der Waals surface area (Å²) in [7, 11) is 0. The highest BCUT2D eigenvalue weighted by Gasteiger charge is 2.17. The van der Waals surface area contributed by atoms with E-state index in [1.54, 1.807) is 13.0 Å². The van der Waals surface area contributed by atoms with Gasteiger partial charge >= 0.3 is 5.97 Å². The molecule has 0 saturated carbocycles. The molecule has 5 heteroatoms. The van der Waals surface area contributed by atoms with Crippen LogP contribution >= 0.6 is 0 Å². The fraction of sp³-hybridized carbons (Fsp3) is 0.182. The van der Waals surface area contributed by atoms with Crippen LogP contribution in [0.5, 0.6) is 0 Å². The smallest absolute Gasteiger partial charge is 0.356 e. The number of hydrogen-bond acceptors (Lipinski definition) is 3. The Balaban J connectivity index is 2.60. The highest BCUT2D eigenvalue weighted by Crippen LogP contribution is 2.13. The number of aromatic carboxylic acids is 1. The summed E-state index contributed by atoms with van der Waals surface area (Å²) in [6, 6.07) is 7.45. The van der Waals surface area contributed by atoms with Crippen molar-refractivity contribution in [1.82, 2.24) is 15.0 Å². The van der Waals surface area contributed by atoms with Crippen molar-refractivity contribution in [3.63, 3.8) is 0 Å². The van der Waals surface area contributed by atoms with E-state index in [0.717, 1.165) is 5.56 Å². The van der Waals surface area contributed by atoms with Crippen LogP contribution in [0.1, 0.15) is 21.7 Å². The standard InChI is InChI=1S/C11H11N3O2/c1-7-4-3-5-9(6-7)14-10(11(15)16)8(2)12-13-14/h3-6H,1-2H3,(H,15,16). The van der Waals surface area contributed by atoms with Gasteiger partial charge < -0.3 is 5.11 Å². The SMILES string of the molecule is Cc1cccc(-n2nnc(C)c2C(=O)O)c1. The zero-order valence-corrected chi connectivity index (χ0v) is 9.01. The van der Waals surface area contributed by atoms with Gasteiger partial charge in [0.1, 0.15) is 0 Å². The minimum atomic E-state index is -1.02. The van der Waals surface area contributed by atoms with E-state index < -0.39 is 5.97 Å². The van der Waals surface area contributed by atoms with Crippen molar-refractivity contribution in [2.75, 3.05) is 0 Å². The predicted octanol–water partition coefficient (Wildman–Crippen LogP) is 1.58. The quantitative estimate of drug-likeness (QED) is 0.829. The third-order valence-corrected chi connectivity index (χ3v) is 2.29. The highest BCUT2D eigenvalue weighted by atomic mass is 16.4. The molecule has 0 amide bonds. The van der Waals surface area contributed by atoms with Crippen LogP contribution in [0.2, 0.25) is 0 Å². The van der Waals surface area contributed by atoms with E-state index in [1.165, 1.54) is 4.68 Å². The Morgan fingerprint density at radius 1 is 1.38 bits per heavy atom. The molecule has 0 saturated heterocycles. The Kier molecular flexibility index (Phi) is 2.44. The second kappa shape index (κ2) is 3.77. The van der Waals surface area contributed by atoms with Crippen molar-refractivity contribution in [2.24, 2.45) is 0 Å². The van der Waals surface area contributed by atoms with Crippen LogP contribution in [0.4, 0.5) is 0 Å². The Morgan fingerprint density at radius 2 is 2.12 bits per heavy atom. The van der Waals surface area contributed by atoms with Crippen molar-refractivity contribution in [3.8, 4) is 5.69 Å². The number of benzene rings is 1. The summed E-state index contributed by atoms with van der Waals surface area (Å²) in [6.07, 6.45) is 0. The van der Waals surface area contributed by atoms with Gasteiger partial charge in [0.05, 0.1) is 11.4 Å². The number of aryl methyl sites for hydroxylation is 2. The first-order chi connectivity index (χ1) is 7.59. The number of rotatable bonds is 2. The maximum absolute atomic E-state index is 11.1. The molecule has 0 aliphatic carbocycles. The summed E-state index contributed by atoms with van der Waals surface area (Å²) in [5.74, 6) is -1.02. The number of carbonyl (C=O) groups is 1. The average Bonchev–Trinajstić information content (AvgIpc) is 2.60. The van der Waals surface area contributed by atoms with E-state index in [0.29, 0.717) is 11.4 Å². The third-order valence-electron chi connectivity index (χ3n) is 2.29. The van der Waals surface area contributed by atoms with Gasteiger partial charge in [0.25, 0.3) is 0 Å². The zero-order valence-electron chi connectivity index (χ0n) is 9.01. The molecule has 0 aliphatic heterocycles. The molecule has 2 aromatic rings. The fourth-order valence-electron chi connectivity index (χ4n) is 1.54. The molecule has 1 aromatic carbocycles. The minimum absolute atomic E-state index is 0.102. The second-order valence-corrected chi connectivity index (χ2v) is 3.58. The Bertz CT molecular complexity index is 546. The third kappa shape index (κ3) is 1.67. The summed E-state index contributed by atoms with van der Waals surface area (Å²) < 4.78 is 1.34. The second-order valence-electron chi connectivity index (χ2n) is 3.58. The maximum atomic E-state index is 11.1. The summed E-state index contributed by atoms with van der Waals surface area (Å²) in [5.41, 5.74) is 2.26. The van der Waals surface area contributed by atoms with Gasteiger partial charge in [0, 0.05) is 0 Å². The molecule has 2 rings (SSSR count). The lowest BCUT2D eigenvalue weighted by Gasteiger charge is -2.04. The first-order valence-electron chi connectivity index (χ1n) is 4.82. The molecule has 5 nitrogen and oxygen atoms in total. The number of carboxylic acid groups (broad SMARTS) is 1. The molecular formula is C11H11N3O2. The van der Waals surface area contributed by atoms with Crippen LogP contribution in [-0.2, 0) is 0 Å². The molecular weight excluding hydrogens is 206 g/mol. The molecule has 0 radical (unpaired) electrons. The van der Waals surface area contributed by atoms with E-state index in [-0.39, 0.29) is 5.69 Å². The predicted molar refractivity (Wildman–Crippen MR) is 57.8 cm³/mol. The largest absolute Gasteiger partial charge is 0.476 e. The van der Waals surface area contributed by atoms with Gasteiger partial charge in [-0.2, -0.15) is 0 Å². The van der Waals surface area contributed by atoms with E-state index in [1.807, 2.05) is 25.1 Å². The molecule has 16 heavy (non-hydrogen) atoms. The molecule has 0 aliphatic rings. The van der Waals surface area contributed by atoms with Crippen molar-refractivity contribution in [3.05, 3.63) is 41.2 Å². The summed E-state index contributed by atoms with van der Waals surface area (Å²) >= 11 is 0. The van der Waals surface area contributed by atoms with Gasteiger partial charge in [-0.05, 0) is 31.5 Å². The molecule has 0 bridgehead atoms. The first-order valence-corrected chi connectivity index (χ1v) is 4.82. The lowest BCUT2D eigenvalue weighted by Crippen LogP contribution is -2.09. The number of hydrogen-bond donors (Lipinski definition) is 1. The number of aromatic nitrogens is 3. The topological polar surface area (TPSA) is 68.0 Å². The van der Waals surface area contributed by atoms with Gasteiger partial charge in [-0.15, -0.1) is 5.10 Å². The van der Waals surface area contributed by atoms with Gasteiger partial charge in [-0.1, -0.05) is 17.3 Å².